The van der Waals surface area contributed by atoms with E-state index in [1.807, 2.05) is 0 Å². The highest BCUT2D eigenvalue weighted by Gasteiger charge is 2.37. The van der Waals surface area contributed by atoms with Crippen LogP contribution in [0.5, 0.6) is 0 Å². The standard InChI is InChI=1S/C13H11F3N2O3/c1-3-18-9-7(12(20)21-2)5-4-6-8(9)17-10(11(18)19)13(14,15)16/h4-6H,3H2,1-2H3. The molecule has 0 N–H and O–H groups in total. The molecule has 0 saturated carbocycles. The largest absolute Gasteiger partial charge is 0.465 e. The first-order chi connectivity index (χ1) is 9.81. The summed E-state index contributed by atoms with van der Waals surface area (Å²) in [6.07, 6.45) is -4.86. The fourth-order valence-corrected chi connectivity index (χ4v) is 2.06. The lowest BCUT2D eigenvalue weighted by Gasteiger charge is -2.14. The zero-order valence-electron chi connectivity index (χ0n) is 11.2. The Hall–Kier alpha value is -2.38. The minimum atomic E-state index is -4.86. The Morgan fingerprint density at radius 3 is 2.57 bits per heavy atom. The summed E-state index contributed by atoms with van der Waals surface area (Å²) in [5, 5.41) is 0. The van der Waals surface area contributed by atoms with Crippen LogP contribution in [0.3, 0.4) is 0 Å². The number of fused-ring (bicyclic) bond motifs is 1. The minimum absolute atomic E-state index is 0.00447. The maximum absolute atomic E-state index is 12.9. The van der Waals surface area contributed by atoms with Crippen molar-refractivity contribution in [3.63, 3.8) is 0 Å². The normalized spacial score (nSPS) is 11.7. The van der Waals surface area contributed by atoms with Crippen molar-refractivity contribution in [2.75, 3.05) is 7.11 Å². The van der Waals surface area contributed by atoms with Crippen LogP contribution < -0.4 is 5.56 Å². The van der Waals surface area contributed by atoms with Crippen LogP contribution >= 0.6 is 0 Å². The second-order valence-corrected chi connectivity index (χ2v) is 4.17. The summed E-state index contributed by atoms with van der Waals surface area (Å²) in [5.74, 6) is -0.747. The number of ether oxygens (including phenoxy) is 1. The van der Waals surface area contributed by atoms with Gasteiger partial charge >= 0.3 is 12.1 Å². The molecular weight excluding hydrogens is 289 g/mol. The number of carbonyl (C=O) groups is 1. The van der Waals surface area contributed by atoms with E-state index in [4.69, 9.17) is 0 Å². The Balaban J connectivity index is 2.95. The van der Waals surface area contributed by atoms with Gasteiger partial charge in [0.05, 0.1) is 23.7 Å². The number of methoxy groups -OCH3 is 1. The number of halogens is 3. The number of aryl methyl sites for hydroxylation is 1. The van der Waals surface area contributed by atoms with Gasteiger partial charge < -0.3 is 9.30 Å². The quantitative estimate of drug-likeness (QED) is 0.798. The molecular formula is C13H11F3N2O3. The molecule has 0 amide bonds. The van der Waals surface area contributed by atoms with E-state index in [1.165, 1.54) is 25.1 Å². The lowest BCUT2D eigenvalue weighted by atomic mass is 10.1. The molecule has 0 radical (unpaired) electrons. The second kappa shape index (κ2) is 5.19. The molecule has 2 aromatic rings. The number of benzene rings is 1. The second-order valence-electron chi connectivity index (χ2n) is 4.17. The Morgan fingerprint density at radius 1 is 1.38 bits per heavy atom. The molecule has 0 bridgehead atoms. The number of para-hydroxylation sites is 1. The topological polar surface area (TPSA) is 61.2 Å². The number of hydrogen-bond acceptors (Lipinski definition) is 4. The average Bonchev–Trinajstić information content (AvgIpc) is 2.44. The van der Waals surface area contributed by atoms with E-state index in [9.17, 15) is 22.8 Å². The molecule has 1 aromatic heterocycles. The maximum atomic E-state index is 12.9. The van der Waals surface area contributed by atoms with Crippen LogP contribution in [0.2, 0.25) is 0 Å². The van der Waals surface area contributed by atoms with Gasteiger partial charge in [-0.25, -0.2) is 9.78 Å². The van der Waals surface area contributed by atoms with Gasteiger partial charge in [0, 0.05) is 6.54 Å². The number of alkyl halides is 3. The lowest BCUT2D eigenvalue weighted by Crippen LogP contribution is -2.31. The molecule has 1 heterocycles. The highest BCUT2D eigenvalue weighted by molar-refractivity contribution is 6.01. The summed E-state index contributed by atoms with van der Waals surface area (Å²) in [7, 11) is 1.15. The molecule has 0 saturated heterocycles. The van der Waals surface area contributed by atoms with Gasteiger partial charge in [-0.1, -0.05) is 6.07 Å². The minimum Gasteiger partial charge on any atom is -0.465 e. The summed E-state index contributed by atoms with van der Waals surface area (Å²) in [4.78, 5) is 27.0. The Morgan fingerprint density at radius 2 is 2.05 bits per heavy atom. The van der Waals surface area contributed by atoms with Crippen LogP contribution in [0.1, 0.15) is 23.0 Å². The fraction of sp³-hybridized carbons (Fsp3) is 0.308. The zero-order chi connectivity index (χ0) is 15.8. The van der Waals surface area contributed by atoms with Crippen molar-refractivity contribution >= 4 is 17.0 Å². The lowest BCUT2D eigenvalue weighted by molar-refractivity contribution is -0.142. The van der Waals surface area contributed by atoms with Crippen molar-refractivity contribution in [1.82, 2.24) is 9.55 Å². The Kier molecular flexibility index (Phi) is 3.71. The molecule has 0 fully saturated rings. The molecule has 0 aliphatic rings. The molecule has 0 spiro atoms. The van der Waals surface area contributed by atoms with Gasteiger partial charge in [-0.05, 0) is 19.1 Å². The van der Waals surface area contributed by atoms with Crippen molar-refractivity contribution < 1.29 is 22.7 Å². The average molecular weight is 300 g/mol. The third-order valence-corrected chi connectivity index (χ3v) is 2.95. The molecule has 1 aromatic carbocycles. The summed E-state index contributed by atoms with van der Waals surface area (Å²) in [6, 6.07) is 4.06. The van der Waals surface area contributed by atoms with E-state index < -0.39 is 23.4 Å². The highest BCUT2D eigenvalue weighted by Crippen LogP contribution is 2.27. The molecule has 0 aliphatic heterocycles. The summed E-state index contributed by atoms with van der Waals surface area (Å²) >= 11 is 0. The van der Waals surface area contributed by atoms with Gasteiger partial charge in [-0.3, -0.25) is 4.79 Å². The van der Waals surface area contributed by atoms with Crippen molar-refractivity contribution in [3.05, 3.63) is 39.8 Å². The molecule has 0 aliphatic carbocycles. The van der Waals surface area contributed by atoms with Gasteiger partial charge in [0.2, 0.25) is 5.69 Å². The number of hydrogen-bond donors (Lipinski definition) is 0. The Bertz CT molecular complexity index is 766. The van der Waals surface area contributed by atoms with E-state index >= 15 is 0 Å². The fourth-order valence-electron chi connectivity index (χ4n) is 2.06. The monoisotopic (exact) mass is 300 g/mol. The molecule has 2 rings (SSSR count). The van der Waals surface area contributed by atoms with Crippen LogP contribution in [0.25, 0.3) is 11.0 Å². The number of carbonyl (C=O) groups excluding carboxylic acids is 1. The third kappa shape index (κ3) is 2.48. The van der Waals surface area contributed by atoms with E-state index in [-0.39, 0.29) is 23.1 Å². The number of rotatable bonds is 2. The molecule has 8 heteroatoms. The van der Waals surface area contributed by atoms with Crippen LogP contribution in [0.4, 0.5) is 13.2 Å². The highest BCUT2D eigenvalue weighted by atomic mass is 19.4. The van der Waals surface area contributed by atoms with Gasteiger partial charge in [-0.2, -0.15) is 13.2 Å². The smallest absolute Gasteiger partial charge is 0.438 e. The number of aromatic nitrogens is 2. The molecule has 21 heavy (non-hydrogen) atoms. The van der Waals surface area contributed by atoms with Crippen LogP contribution in [-0.4, -0.2) is 22.6 Å². The van der Waals surface area contributed by atoms with E-state index in [0.717, 1.165) is 11.7 Å². The van der Waals surface area contributed by atoms with Gasteiger partial charge in [0.15, 0.2) is 0 Å². The predicted molar refractivity (Wildman–Crippen MR) is 68.0 cm³/mol. The number of esters is 1. The molecule has 0 unspecified atom stereocenters. The van der Waals surface area contributed by atoms with Crippen molar-refractivity contribution in [2.24, 2.45) is 0 Å². The first kappa shape index (κ1) is 15.0. The summed E-state index contributed by atoms with van der Waals surface area (Å²) in [5.41, 5.74) is -2.85. The van der Waals surface area contributed by atoms with E-state index in [2.05, 4.69) is 9.72 Å². The first-order valence-electron chi connectivity index (χ1n) is 6.00. The van der Waals surface area contributed by atoms with E-state index in [1.54, 1.807) is 0 Å². The summed E-state index contributed by atoms with van der Waals surface area (Å²) in [6.45, 7) is 1.48. The zero-order valence-corrected chi connectivity index (χ0v) is 11.2. The number of nitrogens with zero attached hydrogens (tertiary/aromatic N) is 2. The SMILES string of the molecule is CCn1c(=O)c(C(F)(F)F)nc2cccc(C(=O)OC)c21. The van der Waals surface area contributed by atoms with Crippen molar-refractivity contribution in [1.29, 1.82) is 0 Å². The molecule has 5 nitrogen and oxygen atoms in total. The molecule has 112 valence electrons. The predicted octanol–water partition coefficient (Wildman–Crippen LogP) is 2.22. The Labute approximate surface area is 117 Å². The first-order valence-corrected chi connectivity index (χ1v) is 6.00. The van der Waals surface area contributed by atoms with Gasteiger partial charge in [0.25, 0.3) is 5.56 Å². The van der Waals surface area contributed by atoms with Crippen LogP contribution in [0, 0.1) is 0 Å². The van der Waals surface area contributed by atoms with Crippen LogP contribution in [-0.2, 0) is 17.5 Å². The summed E-state index contributed by atoms with van der Waals surface area (Å²) < 4.78 is 44.0. The third-order valence-electron chi connectivity index (χ3n) is 2.95. The molecule has 0 atom stereocenters. The van der Waals surface area contributed by atoms with Gasteiger partial charge in [0.1, 0.15) is 0 Å². The maximum Gasteiger partial charge on any atom is 0.438 e. The van der Waals surface area contributed by atoms with Crippen molar-refractivity contribution in [2.45, 2.75) is 19.6 Å². The van der Waals surface area contributed by atoms with Gasteiger partial charge in [-0.15, -0.1) is 0 Å². The van der Waals surface area contributed by atoms with Crippen LogP contribution in [0.15, 0.2) is 23.0 Å². The van der Waals surface area contributed by atoms with Crippen molar-refractivity contribution in [3.8, 4) is 0 Å². The van der Waals surface area contributed by atoms with E-state index in [0.29, 0.717) is 0 Å².